The van der Waals surface area contributed by atoms with Crippen LogP contribution in [0.5, 0.6) is 0 Å². The number of nitrogens with zero attached hydrogens (tertiary/aromatic N) is 4. The van der Waals surface area contributed by atoms with Crippen molar-refractivity contribution < 1.29 is 0 Å². The van der Waals surface area contributed by atoms with Crippen molar-refractivity contribution in [2.45, 2.75) is 32.2 Å². The van der Waals surface area contributed by atoms with Gasteiger partial charge in [0, 0.05) is 17.5 Å². The van der Waals surface area contributed by atoms with Gasteiger partial charge in [-0.25, -0.2) is 9.97 Å². The number of thioether (sulfide) groups is 1. The van der Waals surface area contributed by atoms with Crippen LogP contribution in [0.1, 0.15) is 24.7 Å². The van der Waals surface area contributed by atoms with Gasteiger partial charge in [-0.1, -0.05) is 6.92 Å². The van der Waals surface area contributed by atoms with Crippen LogP contribution in [0.4, 0.5) is 5.82 Å². The van der Waals surface area contributed by atoms with E-state index < -0.39 is 0 Å². The topological polar surface area (TPSA) is 69.6 Å². The first-order chi connectivity index (χ1) is 8.60. The van der Waals surface area contributed by atoms with Gasteiger partial charge in [-0.15, -0.1) is 11.8 Å². The van der Waals surface area contributed by atoms with Gasteiger partial charge >= 0.3 is 0 Å². The summed E-state index contributed by atoms with van der Waals surface area (Å²) >= 11 is 1.69. The molecule has 0 aliphatic rings. The largest absolute Gasteiger partial charge is 0.383 e. The fraction of sp³-hybridized carbons (Fsp3) is 0.417. The zero-order valence-corrected chi connectivity index (χ0v) is 11.7. The summed E-state index contributed by atoms with van der Waals surface area (Å²) < 4.78 is 1.60. The predicted octanol–water partition coefficient (Wildman–Crippen LogP) is 2.36. The van der Waals surface area contributed by atoms with Crippen LogP contribution in [0.15, 0.2) is 17.2 Å². The SMILES string of the molecule is CCCSc1cc(N)n(-c2nc(C)cc(C)n2)n1. The number of aryl methyl sites for hydroxylation is 2. The van der Waals surface area contributed by atoms with E-state index in [1.807, 2.05) is 26.0 Å². The monoisotopic (exact) mass is 263 g/mol. The highest BCUT2D eigenvalue weighted by Gasteiger charge is 2.10. The molecule has 0 aliphatic carbocycles. The Kier molecular flexibility index (Phi) is 3.86. The molecule has 0 aliphatic heterocycles. The van der Waals surface area contributed by atoms with Crippen LogP contribution < -0.4 is 5.73 Å². The average Bonchev–Trinajstić information content (AvgIpc) is 2.66. The maximum absolute atomic E-state index is 5.95. The third kappa shape index (κ3) is 2.81. The lowest BCUT2D eigenvalue weighted by Gasteiger charge is -2.04. The Hall–Kier alpha value is -1.56. The van der Waals surface area contributed by atoms with E-state index in [4.69, 9.17) is 5.73 Å². The molecule has 96 valence electrons. The predicted molar refractivity (Wildman–Crippen MR) is 74.1 cm³/mol. The van der Waals surface area contributed by atoms with Crippen LogP contribution in [0.25, 0.3) is 5.95 Å². The Balaban J connectivity index is 2.34. The summed E-state index contributed by atoms with van der Waals surface area (Å²) in [6.07, 6.45) is 1.11. The van der Waals surface area contributed by atoms with E-state index in [1.54, 1.807) is 16.4 Å². The normalized spacial score (nSPS) is 10.8. The van der Waals surface area contributed by atoms with Crippen molar-refractivity contribution in [1.82, 2.24) is 19.7 Å². The molecule has 0 saturated carbocycles. The maximum atomic E-state index is 5.95. The summed E-state index contributed by atoms with van der Waals surface area (Å²) in [5, 5.41) is 5.34. The molecule has 18 heavy (non-hydrogen) atoms. The van der Waals surface area contributed by atoms with Gasteiger partial charge in [0.1, 0.15) is 10.8 Å². The smallest absolute Gasteiger partial charge is 0.252 e. The third-order valence-corrected chi connectivity index (χ3v) is 3.44. The van der Waals surface area contributed by atoms with E-state index in [0.29, 0.717) is 11.8 Å². The zero-order valence-electron chi connectivity index (χ0n) is 10.8. The van der Waals surface area contributed by atoms with Crippen LogP contribution in [0, 0.1) is 13.8 Å². The fourth-order valence-electron chi connectivity index (χ4n) is 1.61. The molecule has 5 nitrogen and oxygen atoms in total. The lowest BCUT2D eigenvalue weighted by atomic mass is 10.4. The molecular weight excluding hydrogens is 246 g/mol. The van der Waals surface area contributed by atoms with E-state index in [1.165, 1.54) is 0 Å². The molecule has 0 saturated heterocycles. The first kappa shape index (κ1) is 12.9. The van der Waals surface area contributed by atoms with Crippen molar-refractivity contribution in [1.29, 1.82) is 0 Å². The number of rotatable bonds is 4. The standard InChI is InChI=1S/C12H17N5S/c1-4-5-18-11-7-10(13)17(16-11)12-14-8(2)6-9(3)15-12/h6-7H,4-5,13H2,1-3H3. The van der Waals surface area contributed by atoms with Crippen molar-refractivity contribution in [2.24, 2.45) is 0 Å². The highest BCUT2D eigenvalue weighted by atomic mass is 32.2. The van der Waals surface area contributed by atoms with E-state index >= 15 is 0 Å². The van der Waals surface area contributed by atoms with E-state index in [2.05, 4.69) is 22.0 Å². The van der Waals surface area contributed by atoms with Gasteiger partial charge in [0.15, 0.2) is 0 Å². The van der Waals surface area contributed by atoms with Crippen LogP contribution in [0.2, 0.25) is 0 Å². The molecule has 2 aromatic rings. The van der Waals surface area contributed by atoms with Crippen molar-refractivity contribution in [3.05, 3.63) is 23.5 Å². The number of nitrogen functional groups attached to an aromatic ring is 1. The molecule has 2 rings (SSSR count). The van der Waals surface area contributed by atoms with E-state index in [9.17, 15) is 0 Å². The summed E-state index contributed by atoms with van der Waals surface area (Å²) in [7, 11) is 0. The first-order valence-corrected chi connectivity index (χ1v) is 6.89. The lowest BCUT2D eigenvalue weighted by Crippen LogP contribution is -2.08. The number of nitrogens with two attached hydrogens (primary N) is 1. The maximum Gasteiger partial charge on any atom is 0.252 e. The molecule has 0 fully saturated rings. The van der Waals surface area contributed by atoms with Crippen molar-refractivity contribution in [2.75, 3.05) is 11.5 Å². The second-order valence-corrected chi connectivity index (χ2v) is 5.23. The number of anilines is 1. The summed E-state index contributed by atoms with van der Waals surface area (Å²) in [4.78, 5) is 8.72. The van der Waals surface area contributed by atoms with Crippen molar-refractivity contribution >= 4 is 17.6 Å². The molecule has 0 aromatic carbocycles. The van der Waals surface area contributed by atoms with Crippen LogP contribution >= 0.6 is 11.8 Å². The quantitative estimate of drug-likeness (QED) is 0.857. The van der Waals surface area contributed by atoms with Crippen LogP contribution in [-0.4, -0.2) is 25.5 Å². The number of aromatic nitrogens is 4. The highest BCUT2D eigenvalue weighted by Crippen LogP contribution is 2.21. The molecule has 2 heterocycles. The summed E-state index contributed by atoms with van der Waals surface area (Å²) in [5.74, 6) is 2.14. The molecule has 0 amide bonds. The molecule has 0 spiro atoms. The van der Waals surface area contributed by atoms with Gasteiger partial charge in [0.25, 0.3) is 5.95 Å². The van der Waals surface area contributed by atoms with Crippen molar-refractivity contribution in [3.8, 4) is 5.95 Å². The van der Waals surface area contributed by atoms with Gasteiger partial charge in [-0.3, -0.25) is 0 Å². The van der Waals surface area contributed by atoms with Crippen LogP contribution in [0.3, 0.4) is 0 Å². The molecule has 2 N–H and O–H groups in total. The van der Waals surface area contributed by atoms with Crippen LogP contribution in [-0.2, 0) is 0 Å². The molecule has 2 aromatic heterocycles. The fourth-order valence-corrected chi connectivity index (χ4v) is 2.37. The highest BCUT2D eigenvalue weighted by molar-refractivity contribution is 7.99. The van der Waals surface area contributed by atoms with Gasteiger partial charge in [-0.2, -0.15) is 9.78 Å². The Labute approximate surface area is 111 Å². The minimum atomic E-state index is 0.536. The second kappa shape index (κ2) is 5.39. The minimum Gasteiger partial charge on any atom is -0.383 e. The third-order valence-electron chi connectivity index (χ3n) is 2.33. The average molecular weight is 263 g/mol. The Bertz CT molecular complexity index is 529. The summed E-state index contributed by atoms with van der Waals surface area (Å²) in [5.41, 5.74) is 7.78. The minimum absolute atomic E-state index is 0.536. The molecule has 0 bridgehead atoms. The molecule has 0 unspecified atom stereocenters. The second-order valence-electron chi connectivity index (χ2n) is 4.12. The van der Waals surface area contributed by atoms with Gasteiger partial charge < -0.3 is 5.73 Å². The van der Waals surface area contributed by atoms with Gasteiger partial charge in [0.05, 0.1) is 0 Å². The molecule has 6 heteroatoms. The van der Waals surface area contributed by atoms with Crippen molar-refractivity contribution in [3.63, 3.8) is 0 Å². The van der Waals surface area contributed by atoms with Gasteiger partial charge in [-0.05, 0) is 32.1 Å². The first-order valence-electron chi connectivity index (χ1n) is 5.91. The number of hydrogen-bond donors (Lipinski definition) is 1. The molecular formula is C12H17N5S. The summed E-state index contributed by atoms with van der Waals surface area (Å²) in [6, 6.07) is 3.79. The number of hydrogen-bond acceptors (Lipinski definition) is 5. The summed E-state index contributed by atoms with van der Waals surface area (Å²) in [6.45, 7) is 6.01. The zero-order chi connectivity index (χ0) is 13.1. The Morgan fingerprint density at radius 2 is 1.89 bits per heavy atom. The Morgan fingerprint density at radius 3 is 2.50 bits per heavy atom. The lowest BCUT2D eigenvalue weighted by molar-refractivity contribution is 0.775. The van der Waals surface area contributed by atoms with E-state index in [0.717, 1.165) is 28.6 Å². The molecule has 0 atom stereocenters. The molecule has 0 radical (unpaired) electrons. The van der Waals surface area contributed by atoms with Gasteiger partial charge in [0.2, 0.25) is 0 Å². The Morgan fingerprint density at radius 1 is 1.22 bits per heavy atom. The van der Waals surface area contributed by atoms with E-state index in [-0.39, 0.29) is 0 Å².